The molecule has 0 radical (unpaired) electrons. The van der Waals surface area contributed by atoms with Gasteiger partial charge in [0.1, 0.15) is 5.70 Å². The van der Waals surface area contributed by atoms with E-state index in [1.54, 1.807) is 12.1 Å². The van der Waals surface area contributed by atoms with Crippen molar-refractivity contribution in [3.05, 3.63) is 100 Å². The van der Waals surface area contributed by atoms with Gasteiger partial charge in [-0.2, -0.15) is 0 Å². The lowest BCUT2D eigenvalue weighted by atomic mass is 9.98. The summed E-state index contributed by atoms with van der Waals surface area (Å²) >= 11 is 6.11. The Hall–Kier alpha value is -3.37. The van der Waals surface area contributed by atoms with E-state index in [2.05, 4.69) is 19.9 Å². The smallest absolute Gasteiger partial charge is 0.282 e. The fourth-order valence-corrected chi connectivity index (χ4v) is 4.78. The number of anilines is 2. The van der Waals surface area contributed by atoms with Gasteiger partial charge in [-0.3, -0.25) is 9.59 Å². The van der Waals surface area contributed by atoms with Gasteiger partial charge in [0.05, 0.1) is 11.3 Å². The van der Waals surface area contributed by atoms with Gasteiger partial charge < -0.3 is 4.90 Å². The standard InChI is InChI=1S/C28H25ClN2O2/c1-18(2)19-11-15-23(16-12-19)31-27(32)25(21-9-13-22(29)14-10-21)26(28(31)33)30-17-5-7-20-6-3-4-8-24(20)30/h3-4,6,8-16,18H,5,7,17H2,1-2H3. The van der Waals surface area contributed by atoms with Gasteiger partial charge in [-0.1, -0.05) is 67.9 Å². The summed E-state index contributed by atoms with van der Waals surface area (Å²) in [5.74, 6) is -0.233. The number of para-hydroxylation sites is 1. The minimum absolute atomic E-state index is 0.293. The second kappa shape index (κ2) is 8.53. The largest absolute Gasteiger partial charge is 0.336 e. The van der Waals surface area contributed by atoms with Crippen LogP contribution in [0.5, 0.6) is 0 Å². The van der Waals surface area contributed by atoms with Gasteiger partial charge >= 0.3 is 0 Å². The number of carbonyl (C=O) groups excluding carboxylic acids is 2. The van der Waals surface area contributed by atoms with E-state index in [-0.39, 0.29) is 11.8 Å². The number of amides is 2. The number of aryl methyl sites for hydroxylation is 1. The number of halogens is 1. The number of fused-ring (bicyclic) bond motifs is 1. The molecule has 0 saturated carbocycles. The highest BCUT2D eigenvalue weighted by molar-refractivity contribution is 6.46. The van der Waals surface area contributed by atoms with Crippen LogP contribution in [-0.2, 0) is 16.0 Å². The molecule has 166 valence electrons. The van der Waals surface area contributed by atoms with E-state index < -0.39 is 0 Å². The van der Waals surface area contributed by atoms with Crippen molar-refractivity contribution in [3.8, 4) is 0 Å². The maximum Gasteiger partial charge on any atom is 0.282 e. The van der Waals surface area contributed by atoms with Crippen molar-refractivity contribution in [2.75, 3.05) is 16.3 Å². The summed E-state index contributed by atoms with van der Waals surface area (Å²) < 4.78 is 0. The molecule has 0 N–H and O–H groups in total. The highest BCUT2D eigenvalue weighted by Crippen LogP contribution is 2.39. The summed E-state index contributed by atoms with van der Waals surface area (Å²) in [5.41, 5.74) is 5.46. The van der Waals surface area contributed by atoms with Crippen molar-refractivity contribution in [3.63, 3.8) is 0 Å². The fraction of sp³-hybridized carbons (Fsp3) is 0.214. The molecule has 2 aliphatic heterocycles. The first-order chi connectivity index (χ1) is 16.0. The van der Waals surface area contributed by atoms with Crippen molar-refractivity contribution >= 4 is 40.4 Å². The number of rotatable bonds is 4. The zero-order chi connectivity index (χ0) is 23.1. The summed E-state index contributed by atoms with van der Waals surface area (Å²) in [4.78, 5) is 31.0. The average molecular weight is 457 g/mol. The second-order valence-corrected chi connectivity index (χ2v) is 9.24. The first-order valence-electron chi connectivity index (χ1n) is 11.3. The molecular weight excluding hydrogens is 432 g/mol. The van der Waals surface area contributed by atoms with Gasteiger partial charge in [0.25, 0.3) is 11.8 Å². The minimum atomic E-state index is -0.308. The number of carbonyl (C=O) groups is 2. The third kappa shape index (κ3) is 3.75. The molecule has 4 nitrogen and oxygen atoms in total. The Labute approximate surface area is 199 Å². The number of hydrogen-bond donors (Lipinski definition) is 0. The highest BCUT2D eigenvalue weighted by atomic mass is 35.5. The first-order valence-corrected chi connectivity index (χ1v) is 11.7. The third-order valence-electron chi connectivity index (χ3n) is 6.39. The van der Waals surface area contributed by atoms with Crippen molar-refractivity contribution in [2.45, 2.75) is 32.6 Å². The molecule has 0 spiro atoms. The molecule has 2 heterocycles. The van der Waals surface area contributed by atoms with E-state index in [0.29, 0.717) is 40.0 Å². The van der Waals surface area contributed by atoms with E-state index in [4.69, 9.17) is 11.6 Å². The first kappa shape index (κ1) is 21.5. The van der Waals surface area contributed by atoms with Crippen LogP contribution in [0.4, 0.5) is 11.4 Å². The van der Waals surface area contributed by atoms with Crippen LogP contribution in [0.1, 0.15) is 42.9 Å². The van der Waals surface area contributed by atoms with Gasteiger partial charge in [0.15, 0.2) is 0 Å². The summed E-state index contributed by atoms with van der Waals surface area (Å²) in [6, 6.07) is 22.9. The van der Waals surface area contributed by atoms with Crippen LogP contribution in [-0.4, -0.2) is 18.4 Å². The average Bonchev–Trinajstić information content (AvgIpc) is 3.09. The molecular formula is C28H25ClN2O2. The van der Waals surface area contributed by atoms with E-state index in [9.17, 15) is 9.59 Å². The van der Waals surface area contributed by atoms with Crippen LogP contribution in [0.2, 0.25) is 5.02 Å². The molecule has 0 atom stereocenters. The molecule has 0 saturated heterocycles. The van der Waals surface area contributed by atoms with Gasteiger partial charge in [-0.25, -0.2) is 4.90 Å². The molecule has 3 aromatic carbocycles. The van der Waals surface area contributed by atoms with Crippen LogP contribution < -0.4 is 9.80 Å². The quantitative estimate of drug-likeness (QED) is 0.439. The van der Waals surface area contributed by atoms with Crippen LogP contribution >= 0.6 is 11.6 Å². The molecule has 5 rings (SSSR count). The summed E-state index contributed by atoms with van der Waals surface area (Å²) in [6.07, 6.45) is 1.87. The van der Waals surface area contributed by atoms with Gasteiger partial charge in [0, 0.05) is 17.3 Å². The zero-order valence-electron chi connectivity index (χ0n) is 18.7. The number of hydrogen-bond acceptors (Lipinski definition) is 3. The third-order valence-corrected chi connectivity index (χ3v) is 6.64. The normalized spacial score (nSPS) is 16.1. The predicted molar refractivity (Wildman–Crippen MR) is 134 cm³/mol. The van der Waals surface area contributed by atoms with E-state index >= 15 is 0 Å². The Morgan fingerprint density at radius 3 is 2.24 bits per heavy atom. The van der Waals surface area contributed by atoms with Crippen molar-refractivity contribution in [2.24, 2.45) is 0 Å². The monoisotopic (exact) mass is 456 g/mol. The molecule has 3 aromatic rings. The van der Waals surface area contributed by atoms with E-state index in [0.717, 1.165) is 24.1 Å². The highest BCUT2D eigenvalue weighted by Gasteiger charge is 2.43. The van der Waals surface area contributed by atoms with Gasteiger partial charge in [-0.05, 0) is 65.8 Å². The lowest BCUT2D eigenvalue weighted by Gasteiger charge is -2.32. The Balaban J connectivity index is 1.65. The van der Waals surface area contributed by atoms with Gasteiger partial charge in [-0.15, -0.1) is 0 Å². The summed E-state index contributed by atoms with van der Waals surface area (Å²) in [5, 5.41) is 0.585. The second-order valence-electron chi connectivity index (χ2n) is 8.81. The maximum atomic E-state index is 13.9. The SMILES string of the molecule is CC(C)c1ccc(N2C(=O)C(c3ccc(Cl)cc3)=C(N3CCCc4ccccc43)C2=O)cc1. The molecule has 5 heteroatoms. The number of imide groups is 1. The molecule has 33 heavy (non-hydrogen) atoms. The van der Waals surface area contributed by atoms with Crippen molar-refractivity contribution in [1.29, 1.82) is 0 Å². The van der Waals surface area contributed by atoms with Crippen molar-refractivity contribution < 1.29 is 9.59 Å². The number of nitrogens with zero attached hydrogens (tertiary/aromatic N) is 2. The molecule has 0 unspecified atom stereocenters. The Bertz CT molecular complexity index is 1260. The molecule has 0 aromatic heterocycles. The van der Waals surface area contributed by atoms with Crippen LogP contribution in [0.15, 0.2) is 78.5 Å². The topological polar surface area (TPSA) is 40.6 Å². The summed E-state index contributed by atoms with van der Waals surface area (Å²) in [6.45, 7) is 4.92. The van der Waals surface area contributed by atoms with Crippen LogP contribution in [0.3, 0.4) is 0 Å². The molecule has 2 aliphatic rings. The van der Waals surface area contributed by atoms with E-state index in [1.165, 1.54) is 10.5 Å². The Morgan fingerprint density at radius 1 is 0.848 bits per heavy atom. The molecule has 0 bridgehead atoms. The van der Waals surface area contributed by atoms with Crippen LogP contribution in [0.25, 0.3) is 5.57 Å². The maximum absolute atomic E-state index is 13.9. The fourth-order valence-electron chi connectivity index (χ4n) is 4.65. The summed E-state index contributed by atoms with van der Waals surface area (Å²) in [7, 11) is 0. The Morgan fingerprint density at radius 2 is 1.55 bits per heavy atom. The molecule has 0 aliphatic carbocycles. The molecule has 2 amide bonds. The number of benzene rings is 3. The van der Waals surface area contributed by atoms with Crippen molar-refractivity contribution in [1.82, 2.24) is 0 Å². The lowest BCUT2D eigenvalue weighted by molar-refractivity contribution is -0.120. The molecule has 0 fully saturated rings. The Kier molecular flexibility index (Phi) is 5.55. The lowest BCUT2D eigenvalue weighted by Crippen LogP contribution is -2.37. The van der Waals surface area contributed by atoms with Crippen LogP contribution in [0, 0.1) is 0 Å². The minimum Gasteiger partial charge on any atom is -0.336 e. The van der Waals surface area contributed by atoms with Gasteiger partial charge in [0.2, 0.25) is 0 Å². The predicted octanol–water partition coefficient (Wildman–Crippen LogP) is 6.20. The van der Waals surface area contributed by atoms with E-state index in [1.807, 2.05) is 59.5 Å². The zero-order valence-corrected chi connectivity index (χ0v) is 19.5.